The quantitative estimate of drug-likeness (QED) is 0.200. The third-order valence-electron chi connectivity index (χ3n) is 2.76. The third-order valence-corrected chi connectivity index (χ3v) is 2.76. The number of azide groups is 2. The van der Waals surface area contributed by atoms with Gasteiger partial charge < -0.3 is 9.47 Å². The standard InChI is InChI=1S/C13H15N7O4/c14-19-16-8-12(9-17-20-15)24-5-4-23-11-3-1-2-10(6-11)7-13(21)18-22/h1-3,6,12H,4-5,7-9H2. The molecule has 0 fully saturated rings. The molecular weight excluding hydrogens is 318 g/mol. The number of benzene rings is 1. The lowest BCUT2D eigenvalue weighted by atomic mass is 10.1. The number of carbonyl (C=O) groups excluding carboxylic acids is 1. The lowest BCUT2D eigenvalue weighted by molar-refractivity contribution is -0.117. The van der Waals surface area contributed by atoms with E-state index in [0.717, 1.165) is 0 Å². The molecule has 0 saturated carbocycles. The van der Waals surface area contributed by atoms with Crippen LogP contribution in [0.2, 0.25) is 0 Å². The first kappa shape index (κ1) is 18.9. The minimum Gasteiger partial charge on any atom is -0.491 e. The van der Waals surface area contributed by atoms with Gasteiger partial charge in [-0.3, -0.25) is 4.79 Å². The topological polar surface area (TPSA) is 162 Å². The lowest BCUT2D eigenvalue weighted by Gasteiger charge is -2.14. The Labute approximate surface area is 136 Å². The number of ether oxygens (including phenoxy) is 2. The second-order valence-corrected chi connectivity index (χ2v) is 4.48. The van der Waals surface area contributed by atoms with Gasteiger partial charge in [-0.25, -0.2) is 0 Å². The van der Waals surface area contributed by atoms with E-state index < -0.39 is 12.0 Å². The molecule has 1 aromatic rings. The molecule has 11 nitrogen and oxygen atoms in total. The number of carbonyl (C=O) groups is 1. The van der Waals surface area contributed by atoms with Gasteiger partial charge in [0, 0.05) is 15.0 Å². The Morgan fingerprint density at radius 2 is 1.88 bits per heavy atom. The van der Waals surface area contributed by atoms with Gasteiger partial charge in [-0.15, -0.1) is 4.91 Å². The molecule has 0 radical (unpaired) electrons. The molecule has 0 aliphatic rings. The number of nitrogens with zero attached hydrogens (tertiary/aromatic N) is 7. The van der Waals surface area contributed by atoms with Crippen LogP contribution in [0.15, 0.2) is 39.7 Å². The highest BCUT2D eigenvalue weighted by Crippen LogP contribution is 2.14. The monoisotopic (exact) mass is 333 g/mol. The van der Waals surface area contributed by atoms with Crippen molar-refractivity contribution in [2.75, 3.05) is 26.3 Å². The number of hydrogen-bond donors (Lipinski definition) is 0. The van der Waals surface area contributed by atoms with Gasteiger partial charge in [-0.05, 0) is 28.8 Å². The number of amides is 1. The fourth-order valence-electron chi connectivity index (χ4n) is 1.74. The first-order valence-corrected chi connectivity index (χ1v) is 6.90. The molecule has 0 bridgehead atoms. The van der Waals surface area contributed by atoms with Crippen LogP contribution in [-0.2, 0) is 16.0 Å². The summed E-state index contributed by atoms with van der Waals surface area (Å²) in [7, 11) is 0. The lowest BCUT2D eigenvalue weighted by Crippen LogP contribution is -2.22. The molecular formula is C13H15N7O4. The maximum atomic E-state index is 11.0. The SMILES string of the molecule is [N-]=[N+]=NCC(CN=[N+]=[N-])OCCOc1cccc(CC(=O)N=O)c1. The molecule has 24 heavy (non-hydrogen) atoms. The number of nitroso groups, excluding NO2 is 1. The summed E-state index contributed by atoms with van der Waals surface area (Å²) in [6, 6.07) is 6.69. The molecule has 0 saturated heterocycles. The second kappa shape index (κ2) is 11.4. The number of hydrogen-bond acceptors (Lipinski definition) is 6. The Hall–Kier alpha value is -3.13. The van der Waals surface area contributed by atoms with E-state index in [9.17, 15) is 9.70 Å². The third kappa shape index (κ3) is 7.76. The Kier molecular flexibility index (Phi) is 9.02. The molecule has 0 atom stereocenters. The highest BCUT2D eigenvalue weighted by Gasteiger charge is 2.07. The molecule has 1 rings (SSSR count). The van der Waals surface area contributed by atoms with Crippen molar-refractivity contribution >= 4 is 5.91 Å². The van der Waals surface area contributed by atoms with Gasteiger partial charge in [0.2, 0.25) is 0 Å². The van der Waals surface area contributed by atoms with Crippen molar-refractivity contribution in [3.8, 4) is 5.75 Å². The van der Waals surface area contributed by atoms with Crippen LogP contribution in [-0.4, -0.2) is 38.3 Å². The van der Waals surface area contributed by atoms with Gasteiger partial charge in [0.15, 0.2) is 0 Å². The molecule has 0 aliphatic carbocycles. The van der Waals surface area contributed by atoms with Crippen LogP contribution in [0.25, 0.3) is 20.9 Å². The van der Waals surface area contributed by atoms with Crippen LogP contribution < -0.4 is 4.74 Å². The van der Waals surface area contributed by atoms with E-state index in [1.807, 2.05) is 0 Å². The first-order valence-electron chi connectivity index (χ1n) is 6.90. The van der Waals surface area contributed by atoms with Crippen molar-refractivity contribution in [2.24, 2.45) is 15.4 Å². The molecule has 0 heterocycles. The van der Waals surface area contributed by atoms with Crippen LogP contribution in [0.3, 0.4) is 0 Å². The fraction of sp³-hybridized carbons (Fsp3) is 0.462. The zero-order chi connectivity index (χ0) is 17.6. The van der Waals surface area contributed by atoms with Crippen molar-refractivity contribution in [2.45, 2.75) is 12.5 Å². The van der Waals surface area contributed by atoms with Gasteiger partial charge in [-0.1, -0.05) is 22.4 Å². The first-order chi connectivity index (χ1) is 11.7. The largest absolute Gasteiger partial charge is 0.491 e. The van der Waals surface area contributed by atoms with E-state index in [4.69, 9.17) is 20.5 Å². The Bertz CT molecular complexity index is 633. The van der Waals surface area contributed by atoms with Crippen molar-refractivity contribution in [3.05, 3.63) is 55.6 Å². The van der Waals surface area contributed by atoms with Crippen LogP contribution in [0.4, 0.5) is 0 Å². The molecule has 0 N–H and O–H groups in total. The molecule has 11 heteroatoms. The van der Waals surface area contributed by atoms with Gasteiger partial charge in [0.05, 0.1) is 32.2 Å². The smallest absolute Gasteiger partial charge is 0.290 e. The van der Waals surface area contributed by atoms with Gasteiger partial charge >= 0.3 is 0 Å². The summed E-state index contributed by atoms with van der Waals surface area (Å²) in [5.74, 6) is -0.245. The zero-order valence-electron chi connectivity index (χ0n) is 12.7. The van der Waals surface area contributed by atoms with E-state index in [-0.39, 0.29) is 32.7 Å². The second-order valence-electron chi connectivity index (χ2n) is 4.48. The van der Waals surface area contributed by atoms with Crippen molar-refractivity contribution in [1.29, 1.82) is 0 Å². The summed E-state index contributed by atoms with van der Waals surface area (Å²) in [6.45, 7) is 0.482. The van der Waals surface area contributed by atoms with Crippen molar-refractivity contribution < 1.29 is 14.3 Å². The maximum absolute atomic E-state index is 11.0. The number of rotatable bonds is 11. The molecule has 0 unspecified atom stereocenters. The molecule has 126 valence electrons. The van der Waals surface area contributed by atoms with Gasteiger partial charge in [0.1, 0.15) is 12.4 Å². The van der Waals surface area contributed by atoms with E-state index in [1.54, 1.807) is 24.3 Å². The maximum Gasteiger partial charge on any atom is 0.290 e. The minimum absolute atomic E-state index is 0.0474. The van der Waals surface area contributed by atoms with Crippen molar-refractivity contribution in [3.63, 3.8) is 0 Å². The summed E-state index contributed by atoms with van der Waals surface area (Å²) >= 11 is 0. The molecule has 1 amide bonds. The summed E-state index contributed by atoms with van der Waals surface area (Å²) in [4.78, 5) is 26.3. The molecule has 0 spiro atoms. The predicted octanol–water partition coefficient (Wildman–Crippen LogP) is 2.91. The minimum atomic E-state index is -0.755. The fourth-order valence-corrected chi connectivity index (χ4v) is 1.74. The van der Waals surface area contributed by atoms with E-state index >= 15 is 0 Å². The Morgan fingerprint density at radius 1 is 1.17 bits per heavy atom. The summed E-state index contributed by atoms with van der Waals surface area (Å²) < 4.78 is 10.9. The van der Waals surface area contributed by atoms with E-state index in [0.29, 0.717) is 11.3 Å². The highest BCUT2D eigenvalue weighted by molar-refractivity contribution is 5.79. The molecule has 0 aromatic heterocycles. The summed E-state index contributed by atoms with van der Waals surface area (Å²) in [5, 5.41) is 9.09. The van der Waals surface area contributed by atoms with Crippen LogP contribution >= 0.6 is 0 Å². The van der Waals surface area contributed by atoms with Crippen LogP contribution in [0.5, 0.6) is 5.75 Å². The Morgan fingerprint density at radius 3 is 2.50 bits per heavy atom. The molecule has 1 aromatic carbocycles. The Balaban J connectivity index is 2.43. The predicted molar refractivity (Wildman–Crippen MR) is 84.2 cm³/mol. The van der Waals surface area contributed by atoms with Crippen LogP contribution in [0, 0.1) is 4.91 Å². The normalized spacial score (nSPS) is 10.8. The molecule has 0 aliphatic heterocycles. The van der Waals surface area contributed by atoms with Crippen molar-refractivity contribution in [1.82, 2.24) is 0 Å². The van der Waals surface area contributed by atoms with Gasteiger partial charge in [-0.2, -0.15) is 0 Å². The highest BCUT2D eigenvalue weighted by atomic mass is 16.5. The van der Waals surface area contributed by atoms with Crippen LogP contribution in [0.1, 0.15) is 5.56 Å². The summed E-state index contributed by atoms with van der Waals surface area (Å²) in [6.07, 6.45) is -0.611. The average molecular weight is 333 g/mol. The van der Waals surface area contributed by atoms with Gasteiger partial charge in [0.25, 0.3) is 5.91 Å². The van der Waals surface area contributed by atoms with E-state index in [1.165, 1.54) is 0 Å². The van der Waals surface area contributed by atoms with E-state index in [2.05, 4.69) is 25.2 Å². The summed E-state index contributed by atoms with van der Waals surface area (Å²) in [5.41, 5.74) is 17.2. The zero-order valence-corrected chi connectivity index (χ0v) is 12.7. The average Bonchev–Trinajstić information content (AvgIpc) is 2.60.